The molecule has 0 saturated carbocycles. The van der Waals surface area contributed by atoms with Crippen LogP contribution in [-0.4, -0.2) is 66.4 Å². The number of nitrogens with zero attached hydrogens (tertiary/aromatic N) is 5. The number of aromatic nitrogens is 2. The highest BCUT2D eigenvalue weighted by atomic mass is 19.1. The number of benzene rings is 1. The van der Waals surface area contributed by atoms with Gasteiger partial charge in [-0.2, -0.15) is 5.10 Å². The summed E-state index contributed by atoms with van der Waals surface area (Å²) >= 11 is 0. The van der Waals surface area contributed by atoms with Crippen molar-refractivity contribution in [3.63, 3.8) is 0 Å². The number of ether oxygens (including phenoxy) is 1. The van der Waals surface area contributed by atoms with Gasteiger partial charge in [-0.1, -0.05) is 12.1 Å². The number of hydrogen-bond donors (Lipinski definition) is 1. The molecule has 144 valence electrons. The number of para-hydroxylation sites is 1. The summed E-state index contributed by atoms with van der Waals surface area (Å²) in [5, 5.41) is 7.26. The lowest BCUT2D eigenvalue weighted by Gasteiger charge is -2.35. The predicted molar refractivity (Wildman–Crippen MR) is 100 cm³/mol. The Labute approximate surface area is 157 Å². The van der Waals surface area contributed by atoms with E-state index in [1.54, 1.807) is 41.0 Å². The van der Waals surface area contributed by atoms with Gasteiger partial charge in [0.1, 0.15) is 13.2 Å². The first kappa shape index (κ1) is 18.7. The molecule has 0 aliphatic carbocycles. The third-order valence-electron chi connectivity index (χ3n) is 4.21. The number of nitrogens with one attached hydrogen (secondary N) is 1. The molecule has 9 heteroatoms. The van der Waals surface area contributed by atoms with Gasteiger partial charge < -0.3 is 19.9 Å². The summed E-state index contributed by atoms with van der Waals surface area (Å²) in [5.41, 5.74) is 0.795. The van der Waals surface area contributed by atoms with Gasteiger partial charge in [0.25, 0.3) is 0 Å². The van der Waals surface area contributed by atoms with Crippen LogP contribution in [0.4, 0.5) is 10.1 Å². The Balaban J connectivity index is 1.48. The quantitative estimate of drug-likeness (QED) is 0.477. The summed E-state index contributed by atoms with van der Waals surface area (Å²) in [5.74, 6) is 0.430. The fourth-order valence-electron chi connectivity index (χ4n) is 2.89. The standard InChI is InChI=1S/C18H23FN6O2/c1-20-18(21-7-10-27-16-6-4-3-5-15(16)19)24-8-9-25(17(26)13-24)14-11-22-23(2)12-14/h3-6,11-12H,7-10,13H2,1-2H3,(H,20,21). The van der Waals surface area contributed by atoms with Crippen molar-refractivity contribution in [2.24, 2.45) is 12.0 Å². The average Bonchev–Trinajstić information content (AvgIpc) is 3.09. The molecule has 1 aliphatic rings. The maximum absolute atomic E-state index is 13.5. The summed E-state index contributed by atoms with van der Waals surface area (Å²) < 4.78 is 20.6. The highest BCUT2D eigenvalue weighted by Gasteiger charge is 2.27. The van der Waals surface area contributed by atoms with Gasteiger partial charge in [0.05, 0.1) is 18.4 Å². The van der Waals surface area contributed by atoms with E-state index in [9.17, 15) is 9.18 Å². The van der Waals surface area contributed by atoms with Gasteiger partial charge in [-0.3, -0.25) is 14.5 Å². The molecule has 0 radical (unpaired) electrons. The fraction of sp³-hybridized carbons (Fsp3) is 0.389. The van der Waals surface area contributed by atoms with Gasteiger partial charge in [0.2, 0.25) is 5.91 Å². The van der Waals surface area contributed by atoms with E-state index in [1.807, 2.05) is 18.1 Å². The number of aliphatic imine (C=N–C) groups is 1. The highest BCUT2D eigenvalue weighted by molar-refractivity contribution is 5.98. The Morgan fingerprint density at radius 1 is 1.37 bits per heavy atom. The Morgan fingerprint density at radius 2 is 2.19 bits per heavy atom. The number of aryl methyl sites for hydroxylation is 1. The summed E-state index contributed by atoms with van der Waals surface area (Å²) in [4.78, 5) is 20.3. The Morgan fingerprint density at radius 3 is 2.85 bits per heavy atom. The SMILES string of the molecule is CN=C(NCCOc1ccccc1F)N1CCN(c2cnn(C)c2)C(=O)C1. The van der Waals surface area contributed by atoms with Crippen molar-refractivity contribution in [3.05, 3.63) is 42.5 Å². The number of guanidine groups is 1. The lowest BCUT2D eigenvalue weighted by atomic mass is 10.3. The number of halogens is 1. The summed E-state index contributed by atoms with van der Waals surface area (Å²) in [6.45, 7) is 2.15. The molecule has 1 N–H and O–H groups in total. The molecule has 1 saturated heterocycles. The number of piperazine rings is 1. The smallest absolute Gasteiger partial charge is 0.246 e. The van der Waals surface area contributed by atoms with Crippen LogP contribution in [0.2, 0.25) is 0 Å². The van der Waals surface area contributed by atoms with E-state index in [4.69, 9.17) is 4.74 Å². The number of hydrogen-bond acceptors (Lipinski definition) is 4. The molecule has 0 atom stereocenters. The normalized spacial score (nSPS) is 15.2. The topological polar surface area (TPSA) is 75.0 Å². The minimum Gasteiger partial charge on any atom is -0.489 e. The fourth-order valence-corrected chi connectivity index (χ4v) is 2.89. The maximum Gasteiger partial charge on any atom is 0.246 e. The second-order valence-electron chi connectivity index (χ2n) is 6.09. The van der Waals surface area contributed by atoms with Crippen LogP contribution in [0.15, 0.2) is 41.7 Å². The minimum absolute atomic E-state index is 0.0141. The first-order chi connectivity index (χ1) is 13.1. The van der Waals surface area contributed by atoms with Gasteiger partial charge in [-0.05, 0) is 12.1 Å². The summed E-state index contributed by atoms with van der Waals surface area (Å²) in [7, 11) is 3.48. The van der Waals surface area contributed by atoms with Crippen molar-refractivity contribution < 1.29 is 13.9 Å². The second kappa shape index (κ2) is 8.52. The van der Waals surface area contributed by atoms with Crippen LogP contribution < -0.4 is 15.0 Å². The molecule has 1 aliphatic heterocycles. The molecular formula is C18H23FN6O2. The van der Waals surface area contributed by atoms with E-state index >= 15 is 0 Å². The van der Waals surface area contributed by atoms with Crippen LogP contribution in [0.5, 0.6) is 5.75 Å². The molecule has 1 amide bonds. The average molecular weight is 374 g/mol. The molecule has 0 spiro atoms. The van der Waals surface area contributed by atoms with E-state index in [-0.39, 0.29) is 30.6 Å². The Hall–Kier alpha value is -3.10. The molecule has 0 unspecified atom stereocenters. The molecule has 1 aromatic heterocycles. The first-order valence-corrected chi connectivity index (χ1v) is 8.70. The molecule has 2 heterocycles. The van der Waals surface area contributed by atoms with E-state index in [0.717, 1.165) is 5.69 Å². The van der Waals surface area contributed by atoms with E-state index in [0.29, 0.717) is 25.6 Å². The molecule has 3 rings (SSSR count). The van der Waals surface area contributed by atoms with Crippen molar-refractivity contribution in [2.45, 2.75) is 0 Å². The zero-order valence-electron chi connectivity index (χ0n) is 15.4. The van der Waals surface area contributed by atoms with Gasteiger partial charge in [-0.25, -0.2) is 4.39 Å². The third-order valence-corrected chi connectivity index (χ3v) is 4.21. The summed E-state index contributed by atoms with van der Waals surface area (Å²) in [6.07, 6.45) is 3.50. The van der Waals surface area contributed by atoms with Gasteiger partial charge >= 0.3 is 0 Å². The van der Waals surface area contributed by atoms with Crippen LogP contribution in [0.1, 0.15) is 0 Å². The Kier molecular flexibility index (Phi) is 5.90. The second-order valence-corrected chi connectivity index (χ2v) is 6.09. The van der Waals surface area contributed by atoms with E-state index in [2.05, 4.69) is 15.4 Å². The van der Waals surface area contributed by atoms with Crippen LogP contribution >= 0.6 is 0 Å². The predicted octanol–water partition coefficient (Wildman–Crippen LogP) is 0.862. The highest BCUT2D eigenvalue weighted by Crippen LogP contribution is 2.16. The van der Waals surface area contributed by atoms with Crippen LogP contribution in [0.3, 0.4) is 0 Å². The number of rotatable bonds is 5. The monoisotopic (exact) mass is 374 g/mol. The lowest BCUT2D eigenvalue weighted by Crippen LogP contribution is -2.55. The number of anilines is 1. The van der Waals surface area contributed by atoms with Crippen molar-refractivity contribution in [1.82, 2.24) is 20.0 Å². The Bertz CT molecular complexity index is 822. The maximum atomic E-state index is 13.5. The minimum atomic E-state index is -0.390. The molecule has 1 aromatic carbocycles. The van der Waals surface area contributed by atoms with Crippen molar-refractivity contribution in [2.75, 3.05) is 44.7 Å². The zero-order chi connectivity index (χ0) is 19.2. The third kappa shape index (κ3) is 4.55. The van der Waals surface area contributed by atoms with Crippen molar-refractivity contribution in [3.8, 4) is 5.75 Å². The molecule has 8 nitrogen and oxygen atoms in total. The van der Waals surface area contributed by atoms with E-state index in [1.165, 1.54) is 6.07 Å². The molecule has 0 bridgehead atoms. The summed E-state index contributed by atoms with van der Waals surface area (Å²) in [6, 6.07) is 6.28. The number of carbonyl (C=O) groups is 1. The number of amides is 1. The molecule has 1 fully saturated rings. The first-order valence-electron chi connectivity index (χ1n) is 8.70. The number of carbonyl (C=O) groups excluding carboxylic acids is 1. The van der Waals surface area contributed by atoms with Crippen molar-refractivity contribution in [1.29, 1.82) is 0 Å². The molecular weight excluding hydrogens is 351 g/mol. The van der Waals surface area contributed by atoms with Gasteiger partial charge in [0.15, 0.2) is 17.5 Å². The largest absolute Gasteiger partial charge is 0.489 e. The molecule has 2 aromatic rings. The van der Waals surface area contributed by atoms with Gasteiger partial charge in [-0.15, -0.1) is 0 Å². The van der Waals surface area contributed by atoms with Crippen LogP contribution in [0, 0.1) is 5.82 Å². The lowest BCUT2D eigenvalue weighted by molar-refractivity contribution is -0.120. The van der Waals surface area contributed by atoms with E-state index < -0.39 is 0 Å². The van der Waals surface area contributed by atoms with Crippen molar-refractivity contribution >= 4 is 17.6 Å². The molecule has 27 heavy (non-hydrogen) atoms. The van der Waals surface area contributed by atoms with Crippen LogP contribution in [-0.2, 0) is 11.8 Å². The zero-order valence-corrected chi connectivity index (χ0v) is 15.4. The van der Waals surface area contributed by atoms with Gasteiger partial charge in [0, 0.05) is 33.4 Å². The van der Waals surface area contributed by atoms with Crippen LogP contribution in [0.25, 0.3) is 0 Å².